The summed E-state index contributed by atoms with van der Waals surface area (Å²) in [5.74, 6) is -0.536. The molecule has 0 amide bonds. The number of rotatable bonds is 4. The molecule has 4 nitrogen and oxygen atoms in total. The van der Waals surface area contributed by atoms with E-state index in [0.29, 0.717) is 6.42 Å². The standard InChI is InChI=1S/C13H15NO3/c1-3-9(13(15)16)11-7-14-12-5-4-8(17-2)6-10(11)12/h4-7,9,14H,3H2,1-2H3,(H,15,16). The summed E-state index contributed by atoms with van der Waals surface area (Å²) in [6, 6.07) is 5.61. The van der Waals surface area contributed by atoms with Crippen LogP contribution in [0, 0.1) is 0 Å². The van der Waals surface area contributed by atoms with E-state index in [-0.39, 0.29) is 0 Å². The Hall–Kier alpha value is -1.97. The van der Waals surface area contributed by atoms with Crippen molar-refractivity contribution in [2.24, 2.45) is 0 Å². The number of carbonyl (C=O) groups is 1. The molecular formula is C13H15NO3. The minimum Gasteiger partial charge on any atom is -0.497 e. The first kappa shape index (κ1) is 11.5. The lowest BCUT2D eigenvalue weighted by Gasteiger charge is -2.08. The molecular weight excluding hydrogens is 218 g/mol. The van der Waals surface area contributed by atoms with Gasteiger partial charge in [-0.05, 0) is 30.2 Å². The van der Waals surface area contributed by atoms with Crippen molar-refractivity contribution in [3.05, 3.63) is 30.0 Å². The molecule has 0 fully saturated rings. The molecule has 1 unspecified atom stereocenters. The zero-order valence-corrected chi connectivity index (χ0v) is 9.86. The fraction of sp³-hybridized carbons (Fsp3) is 0.308. The normalized spacial score (nSPS) is 12.6. The lowest BCUT2D eigenvalue weighted by atomic mass is 9.96. The summed E-state index contributed by atoms with van der Waals surface area (Å²) in [7, 11) is 1.60. The van der Waals surface area contributed by atoms with Gasteiger partial charge in [0.15, 0.2) is 0 Å². The number of hydrogen-bond acceptors (Lipinski definition) is 2. The van der Waals surface area contributed by atoms with Gasteiger partial charge in [0, 0.05) is 17.1 Å². The molecule has 90 valence electrons. The van der Waals surface area contributed by atoms with E-state index in [4.69, 9.17) is 4.74 Å². The Balaban J connectivity index is 2.57. The zero-order chi connectivity index (χ0) is 12.4. The van der Waals surface area contributed by atoms with Crippen LogP contribution >= 0.6 is 0 Å². The van der Waals surface area contributed by atoms with Crippen LogP contribution in [0.5, 0.6) is 5.75 Å². The monoisotopic (exact) mass is 233 g/mol. The fourth-order valence-electron chi connectivity index (χ4n) is 2.06. The van der Waals surface area contributed by atoms with Gasteiger partial charge in [-0.25, -0.2) is 0 Å². The predicted octanol–water partition coefficient (Wildman–Crippen LogP) is 2.75. The predicted molar refractivity (Wildman–Crippen MR) is 65.5 cm³/mol. The SMILES string of the molecule is CCC(C(=O)O)c1c[nH]c2ccc(OC)cc12. The molecule has 0 radical (unpaired) electrons. The van der Waals surface area contributed by atoms with Gasteiger partial charge in [-0.15, -0.1) is 0 Å². The quantitative estimate of drug-likeness (QED) is 0.853. The van der Waals surface area contributed by atoms with Gasteiger partial charge in [0.25, 0.3) is 0 Å². The van der Waals surface area contributed by atoms with Crippen LogP contribution in [0.25, 0.3) is 10.9 Å². The van der Waals surface area contributed by atoms with E-state index in [1.54, 1.807) is 13.3 Å². The number of carboxylic acid groups (broad SMARTS) is 1. The molecule has 0 aliphatic rings. The summed E-state index contributed by atoms with van der Waals surface area (Å²) in [5.41, 5.74) is 1.74. The molecule has 0 bridgehead atoms. The van der Waals surface area contributed by atoms with Crippen molar-refractivity contribution >= 4 is 16.9 Å². The minimum atomic E-state index is -0.795. The fourth-order valence-corrected chi connectivity index (χ4v) is 2.06. The Kier molecular flexibility index (Phi) is 3.04. The Morgan fingerprint density at radius 1 is 1.53 bits per heavy atom. The first-order chi connectivity index (χ1) is 8.17. The average Bonchev–Trinajstić information content (AvgIpc) is 2.73. The first-order valence-corrected chi connectivity index (χ1v) is 5.55. The van der Waals surface area contributed by atoms with Crippen LogP contribution in [0.2, 0.25) is 0 Å². The van der Waals surface area contributed by atoms with Gasteiger partial charge in [-0.1, -0.05) is 6.92 Å². The van der Waals surface area contributed by atoms with E-state index in [0.717, 1.165) is 22.2 Å². The van der Waals surface area contributed by atoms with Crippen molar-refractivity contribution in [1.82, 2.24) is 4.98 Å². The average molecular weight is 233 g/mol. The third-order valence-electron chi connectivity index (χ3n) is 3.00. The summed E-state index contributed by atoms with van der Waals surface area (Å²) in [4.78, 5) is 14.3. The second-order valence-electron chi connectivity index (χ2n) is 3.95. The van der Waals surface area contributed by atoms with Crippen LogP contribution in [0.15, 0.2) is 24.4 Å². The number of nitrogens with one attached hydrogen (secondary N) is 1. The highest BCUT2D eigenvalue weighted by molar-refractivity contribution is 5.90. The van der Waals surface area contributed by atoms with Gasteiger partial charge in [0.1, 0.15) is 5.75 Å². The Bertz CT molecular complexity index is 545. The number of fused-ring (bicyclic) bond motifs is 1. The molecule has 1 atom stereocenters. The second kappa shape index (κ2) is 4.49. The molecule has 0 aliphatic carbocycles. The third kappa shape index (κ3) is 1.98. The van der Waals surface area contributed by atoms with Gasteiger partial charge >= 0.3 is 5.97 Å². The van der Waals surface area contributed by atoms with E-state index in [2.05, 4.69) is 4.98 Å². The van der Waals surface area contributed by atoms with Crippen molar-refractivity contribution in [1.29, 1.82) is 0 Å². The molecule has 2 rings (SSSR count). The topological polar surface area (TPSA) is 62.3 Å². The highest BCUT2D eigenvalue weighted by Gasteiger charge is 2.21. The van der Waals surface area contributed by atoms with E-state index < -0.39 is 11.9 Å². The van der Waals surface area contributed by atoms with Crippen LogP contribution in [-0.4, -0.2) is 23.2 Å². The largest absolute Gasteiger partial charge is 0.497 e. The molecule has 1 heterocycles. The lowest BCUT2D eigenvalue weighted by Crippen LogP contribution is -2.09. The maximum Gasteiger partial charge on any atom is 0.311 e. The number of carboxylic acids is 1. The number of methoxy groups -OCH3 is 1. The van der Waals surface area contributed by atoms with E-state index in [1.165, 1.54) is 0 Å². The molecule has 17 heavy (non-hydrogen) atoms. The van der Waals surface area contributed by atoms with E-state index >= 15 is 0 Å². The highest BCUT2D eigenvalue weighted by Crippen LogP contribution is 2.30. The molecule has 2 aromatic rings. The molecule has 2 N–H and O–H groups in total. The lowest BCUT2D eigenvalue weighted by molar-refractivity contribution is -0.138. The van der Waals surface area contributed by atoms with Crippen LogP contribution in [0.3, 0.4) is 0 Å². The molecule has 1 aromatic heterocycles. The third-order valence-corrected chi connectivity index (χ3v) is 3.00. The van der Waals surface area contributed by atoms with Gasteiger partial charge in [0.05, 0.1) is 13.0 Å². The minimum absolute atomic E-state index is 0.476. The van der Waals surface area contributed by atoms with Gasteiger partial charge in [0.2, 0.25) is 0 Å². The summed E-state index contributed by atoms with van der Waals surface area (Å²) >= 11 is 0. The summed E-state index contributed by atoms with van der Waals surface area (Å²) < 4.78 is 5.16. The number of ether oxygens (including phenoxy) is 1. The van der Waals surface area contributed by atoms with Crippen molar-refractivity contribution in [2.75, 3.05) is 7.11 Å². The number of aromatic nitrogens is 1. The Morgan fingerprint density at radius 2 is 2.29 bits per heavy atom. The molecule has 1 aromatic carbocycles. The maximum atomic E-state index is 11.2. The Labute approximate surface area is 99.2 Å². The maximum absolute atomic E-state index is 11.2. The summed E-state index contributed by atoms with van der Waals surface area (Å²) in [6.07, 6.45) is 2.34. The van der Waals surface area contributed by atoms with Gasteiger partial charge in [-0.2, -0.15) is 0 Å². The molecule has 0 saturated carbocycles. The number of aliphatic carboxylic acids is 1. The number of H-pyrrole nitrogens is 1. The Morgan fingerprint density at radius 3 is 2.88 bits per heavy atom. The molecule has 0 saturated heterocycles. The molecule has 0 aliphatic heterocycles. The number of benzene rings is 1. The molecule has 4 heteroatoms. The van der Waals surface area contributed by atoms with Gasteiger partial charge < -0.3 is 14.8 Å². The number of aromatic amines is 1. The van der Waals surface area contributed by atoms with Crippen LogP contribution in [0.1, 0.15) is 24.8 Å². The van der Waals surface area contributed by atoms with Gasteiger partial charge in [-0.3, -0.25) is 4.79 Å². The zero-order valence-electron chi connectivity index (χ0n) is 9.86. The van der Waals surface area contributed by atoms with Crippen molar-refractivity contribution in [3.8, 4) is 5.75 Å². The van der Waals surface area contributed by atoms with E-state index in [1.807, 2.05) is 25.1 Å². The van der Waals surface area contributed by atoms with Crippen molar-refractivity contribution < 1.29 is 14.6 Å². The summed E-state index contributed by atoms with van der Waals surface area (Å²) in [6.45, 7) is 1.87. The van der Waals surface area contributed by atoms with Crippen molar-refractivity contribution in [3.63, 3.8) is 0 Å². The van der Waals surface area contributed by atoms with Crippen LogP contribution in [-0.2, 0) is 4.79 Å². The molecule has 0 spiro atoms. The van der Waals surface area contributed by atoms with Crippen molar-refractivity contribution in [2.45, 2.75) is 19.3 Å². The van der Waals surface area contributed by atoms with Crippen LogP contribution in [0.4, 0.5) is 0 Å². The van der Waals surface area contributed by atoms with Crippen LogP contribution < -0.4 is 4.74 Å². The van der Waals surface area contributed by atoms with E-state index in [9.17, 15) is 9.90 Å². The second-order valence-corrected chi connectivity index (χ2v) is 3.95. The first-order valence-electron chi connectivity index (χ1n) is 5.55. The number of hydrogen-bond donors (Lipinski definition) is 2. The summed E-state index contributed by atoms with van der Waals surface area (Å²) in [5, 5.41) is 10.1. The highest BCUT2D eigenvalue weighted by atomic mass is 16.5. The smallest absolute Gasteiger partial charge is 0.311 e.